The van der Waals surface area contributed by atoms with E-state index in [4.69, 9.17) is 4.74 Å². The summed E-state index contributed by atoms with van der Waals surface area (Å²) in [5.74, 6) is 5.24. The summed E-state index contributed by atoms with van der Waals surface area (Å²) < 4.78 is 6.18. The topological polar surface area (TPSA) is 106 Å². The van der Waals surface area contributed by atoms with Gasteiger partial charge < -0.3 is 29.6 Å². The molecule has 2 amide bonds. The minimum Gasteiger partial charge on any atom is -0.472 e. The van der Waals surface area contributed by atoms with Crippen molar-refractivity contribution in [3.8, 4) is 17.7 Å². The molecule has 1 aromatic heterocycles. The van der Waals surface area contributed by atoms with Gasteiger partial charge in [0.1, 0.15) is 17.3 Å². The Morgan fingerprint density at radius 3 is 2.64 bits per heavy atom. The van der Waals surface area contributed by atoms with Gasteiger partial charge in [0.05, 0.1) is 25.7 Å². The molecule has 0 radical (unpaired) electrons. The molecular weight excluding hydrogens is 424 g/mol. The largest absolute Gasteiger partial charge is 0.472 e. The Morgan fingerprint density at radius 1 is 1.39 bits per heavy atom. The second-order valence-electron chi connectivity index (χ2n) is 9.52. The number of aliphatic hydroxyl groups excluding tert-OH is 1. The molecular formula is C24H36N4O5. The normalized spacial score (nSPS) is 19.6. The van der Waals surface area contributed by atoms with Crippen molar-refractivity contribution in [2.24, 2.45) is 5.92 Å². The van der Waals surface area contributed by atoms with Gasteiger partial charge in [-0.05, 0) is 40.9 Å². The standard InChI is InChI=1S/C24H36N4O5/c1-16-12-28(17(2)15-29)23(31)19-10-18(8-9-24(3,4)32)11-25-22(19)33-20(16)13-27(7)21(30)14-26(5)6/h10-11,16-17,20,29,32H,12-15H2,1-7H3/t16-,17+,20-/m0/s1. The second kappa shape index (κ2) is 11.0. The van der Waals surface area contributed by atoms with Gasteiger partial charge in [-0.2, -0.15) is 0 Å². The van der Waals surface area contributed by atoms with E-state index >= 15 is 0 Å². The first-order valence-corrected chi connectivity index (χ1v) is 11.0. The van der Waals surface area contributed by atoms with Crippen LogP contribution in [0.4, 0.5) is 0 Å². The van der Waals surface area contributed by atoms with Gasteiger partial charge in [-0.15, -0.1) is 0 Å². The molecule has 0 aromatic carbocycles. The van der Waals surface area contributed by atoms with E-state index in [1.165, 1.54) is 6.20 Å². The number of aliphatic hydroxyl groups is 2. The zero-order chi connectivity index (χ0) is 24.9. The summed E-state index contributed by atoms with van der Waals surface area (Å²) in [6, 6.07) is 1.18. The van der Waals surface area contributed by atoms with Crippen molar-refractivity contribution in [3.05, 3.63) is 23.4 Å². The lowest BCUT2D eigenvalue weighted by Crippen LogP contribution is -2.51. The van der Waals surface area contributed by atoms with Crippen LogP contribution in [0.5, 0.6) is 5.88 Å². The van der Waals surface area contributed by atoms with Gasteiger partial charge in [0.2, 0.25) is 11.8 Å². The fourth-order valence-corrected chi connectivity index (χ4v) is 3.38. The van der Waals surface area contributed by atoms with Crippen LogP contribution in [0.15, 0.2) is 12.3 Å². The van der Waals surface area contributed by atoms with Crippen LogP contribution < -0.4 is 4.74 Å². The zero-order valence-corrected chi connectivity index (χ0v) is 20.6. The lowest BCUT2D eigenvalue weighted by Gasteiger charge is -2.37. The SMILES string of the molecule is C[C@H](CO)N1C[C@H](C)[C@H](CN(C)C(=O)CN(C)C)Oc2ncc(C#CC(C)(C)O)cc2C1=O. The molecule has 2 rings (SSSR count). The monoisotopic (exact) mass is 460 g/mol. The first-order valence-electron chi connectivity index (χ1n) is 11.0. The third-order valence-corrected chi connectivity index (χ3v) is 5.36. The minimum atomic E-state index is -1.19. The summed E-state index contributed by atoms with van der Waals surface area (Å²) in [7, 11) is 5.39. The maximum Gasteiger partial charge on any atom is 0.259 e. The number of fused-ring (bicyclic) bond motifs is 1. The summed E-state index contributed by atoms with van der Waals surface area (Å²) in [6.45, 7) is 7.63. The van der Waals surface area contributed by atoms with Gasteiger partial charge in [-0.3, -0.25) is 9.59 Å². The molecule has 0 spiro atoms. The Morgan fingerprint density at radius 2 is 2.06 bits per heavy atom. The Hall–Kier alpha value is -2.67. The zero-order valence-electron chi connectivity index (χ0n) is 20.6. The summed E-state index contributed by atoms with van der Waals surface area (Å²) in [4.78, 5) is 35.2. The average molecular weight is 461 g/mol. The molecule has 3 atom stereocenters. The molecule has 9 heteroatoms. The van der Waals surface area contributed by atoms with E-state index in [0.717, 1.165) is 0 Å². The summed E-state index contributed by atoms with van der Waals surface area (Å²) in [5, 5.41) is 19.6. The van der Waals surface area contributed by atoms with E-state index in [2.05, 4.69) is 16.8 Å². The van der Waals surface area contributed by atoms with E-state index in [1.54, 1.807) is 48.6 Å². The second-order valence-corrected chi connectivity index (χ2v) is 9.52. The summed E-state index contributed by atoms with van der Waals surface area (Å²) >= 11 is 0. The predicted octanol–water partition coefficient (Wildman–Crippen LogP) is 0.444. The number of likely N-dealkylation sites (N-methyl/N-ethyl adjacent to an activating group) is 2. The lowest BCUT2D eigenvalue weighted by atomic mass is 9.99. The smallest absolute Gasteiger partial charge is 0.259 e. The molecule has 1 aliphatic rings. The predicted molar refractivity (Wildman–Crippen MR) is 125 cm³/mol. The molecule has 0 saturated carbocycles. The van der Waals surface area contributed by atoms with Crippen LogP contribution in [0.1, 0.15) is 43.6 Å². The molecule has 2 heterocycles. The van der Waals surface area contributed by atoms with Crippen LogP contribution in [0, 0.1) is 17.8 Å². The number of carbonyl (C=O) groups is 2. The average Bonchev–Trinajstić information content (AvgIpc) is 2.73. The number of pyridine rings is 1. The maximum absolute atomic E-state index is 13.4. The number of amides is 2. The number of ether oxygens (including phenoxy) is 1. The Bertz CT molecular complexity index is 916. The molecule has 33 heavy (non-hydrogen) atoms. The van der Waals surface area contributed by atoms with Crippen molar-refractivity contribution in [1.82, 2.24) is 19.7 Å². The highest BCUT2D eigenvalue weighted by Gasteiger charge is 2.34. The number of hydrogen-bond acceptors (Lipinski definition) is 7. The highest BCUT2D eigenvalue weighted by atomic mass is 16.5. The van der Waals surface area contributed by atoms with Crippen LogP contribution in [-0.4, -0.2) is 107 Å². The van der Waals surface area contributed by atoms with E-state index in [9.17, 15) is 19.8 Å². The van der Waals surface area contributed by atoms with Crippen molar-refractivity contribution in [3.63, 3.8) is 0 Å². The Kier molecular flexibility index (Phi) is 8.83. The molecule has 0 unspecified atom stereocenters. The van der Waals surface area contributed by atoms with Gasteiger partial charge >= 0.3 is 0 Å². The Labute approximate surface area is 196 Å². The third kappa shape index (κ3) is 7.42. The first kappa shape index (κ1) is 26.6. The molecule has 0 saturated heterocycles. The number of carbonyl (C=O) groups excluding carboxylic acids is 2. The van der Waals surface area contributed by atoms with Crippen LogP contribution in [0.2, 0.25) is 0 Å². The van der Waals surface area contributed by atoms with Crippen molar-refractivity contribution in [1.29, 1.82) is 0 Å². The van der Waals surface area contributed by atoms with Crippen LogP contribution >= 0.6 is 0 Å². The molecule has 1 aliphatic heterocycles. The van der Waals surface area contributed by atoms with Crippen LogP contribution in [0.3, 0.4) is 0 Å². The fourth-order valence-electron chi connectivity index (χ4n) is 3.38. The molecule has 0 bridgehead atoms. The molecule has 182 valence electrons. The van der Waals surface area contributed by atoms with Crippen molar-refractivity contribution >= 4 is 11.8 Å². The molecule has 9 nitrogen and oxygen atoms in total. The van der Waals surface area contributed by atoms with Gasteiger partial charge in [0, 0.05) is 31.3 Å². The molecule has 2 N–H and O–H groups in total. The van der Waals surface area contributed by atoms with E-state index in [1.807, 2.05) is 21.0 Å². The number of rotatable bonds is 6. The van der Waals surface area contributed by atoms with E-state index < -0.39 is 17.7 Å². The summed E-state index contributed by atoms with van der Waals surface area (Å²) in [5.41, 5.74) is -0.489. The van der Waals surface area contributed by atoms with Crippen molar-refractivity contribution in [2.75, 3.05) is 47.4 Å². The highest BCUT2D eigenvalue weighted by molar-refractivity contribution is 5.97. The molecule has 0 aliphatic carbocycles. The van der Waals surface area contributed by atoms with Gasteiger partial charge in [0.25, 0.3) is 5.91 Å². The maximum atomic E-state index is 13.4. The Balaban J connectivity index is 2.44. The summed E-state index contributed by atoms with van der Waals surface area (Å²) in [6.07, 6.45) is 1.08. The molecule has 1 aromatic rings. The van der Waals surface area contributed by atoms with Gasteiger partial charge in [-0.1, -0.05) is 18.8 Å². The van der Waals surface area contributed by atoms with E-state index in [0.29, 0.717) is 18.7 Å². The van der Waals surface area contributed by atoms with E-state index in [-0.39, 0.29) is 42.3 Å². The van der Waals surface area contributed by atoms with Gasteiger partial charge in [-0.25, -0.2) is 4.98 Å². The fraction of sp³-hybridized carbons (Fsp3) is 0.625. The minimum absolute atomic E-state index is 0.0417. The van der Waals surface area contributed by atoms with Crippen LogP contribution in [-0.2, 0) is 4.79 Å². The lowest BCUT2D eigenvalue weighted by molar-refractivity contribution is -0.132. The number of nitrogens with zero attached hydrogens (tertiary/aromatic N) is 4. The number of hydrogen-bond donors (Lipinski definition) is 2. The first-order chi connectivity index (χ1) is 15.3. The number of aromatic nitrogens is 1. The van der Waals surface area contributed by atoms with Crippen LogP contribution in [0.25, 0.3) is 0 Å². The molecule has 0 fully saturated rings. The van der Waals surface area contributed by atoms with Crippen molar-refractivity contribution < 1.29 is 24.5 Å². The highest BCUT2D eigenvalue weighted by Crippen LogP contribution is 2.27. The quantitative estimate of drug-likeness (QED) is 0.594. The third-order valence-electron chi connectivity index (χ3n) is 5.36. The van der Waals surface area contributed by atoms with Crippen molar-refractivity contribution in [2.45, 2.75) is 45.4 Å². The van der Waals surface area contributed by atoms with Gasteiger partial charge in [0.15, 0.2) is 0 Å².